The minimum Gasteiger partial charge on any atom is -0.487 e. The van der Waals surface area contributed by atoms with Crippen LogP contribution in [0, 0.1) is 6.92 Å². The number of ketones is 1. The standard InChI is InChI=1S/C21H24N2O4/c1-15-11-12-18(27-14-16-8-4-2-5-9-16)19(22-15)20(24)17-10-6-3-7-13-23(17)21(25)26/h2,4-5,8-9,11-12,17H,3,6-7,10,13-14H2,1H3,(H,25,26). The van der Waals surface area contributed by atoms with Gasteiger partial charge in [-0.2, -0.15) is 0 Å². The van der Waals surface area contributed by atoms with Crippen molar-refractivity contribution in [1.82, 2.24) is 9.88 Å². The van der Waals surface area contributed by atoms with Gasteiger partial charge < -0.3 is 9.84 Å². The van der Waals surface area contributed by atoms with Crippen molar-refractivity contribution in [3.8, 4) is 5.75 Å². The normalized spacial score (nSPS) is 17.2. The predicted octanol–water partition coefficient (Wildman–Crippen LogP) is 4.07. The number of rotatable bonds is 5. The largest absolute Gasteiger partial charge is 0.487 e. The molecule has 0 saturated carbocycles. The maximum Gasteiger partial charge on any atom is 0.407 e. The van der Waals surface area contributed by atoms with Crippen LogP contribution >= 0.6 is 0 Å². The van der Waals surface area contributed by atoms with Gasteiger partial charge in [0.05, 0.1) is 0 Å². The number of hydrogen-bond donors (Lipinski definition) is 1. The van der Waals surface area contributed by atoms with Gasteiger partial charge in [0.25, 0.3) is 0 Å². The number of nitrogens with zero attached hydrogens (tertiary/aromatic N) is 2. The molecule has 2 aromatic rings. The summed E-state index contributed by atoms with van der Waals surface area (Å²) in [5, 5.41) is 9.53. The highest BCUT2D eigenvalue weighted by molar-refractivity contribution is 6.02. The highest BCUT2D eigenvalue weighted by atomic mass is 16.5. The lowest BCUT2D eigenvalue weighted by Crippen LogP contribution is -2.44. The summed E-state index contributed by atoms with van der Waals surface area (Å²) in [7, 11) is 0. The summed E-state index contributed by atoms with van der Waals surface area (Å²) in [5.74, 6) is 0.107. The molecular formula is C21H24N2O4. The lowest BCUT2D eigenvalue weighted by atomic mass is 10.0. The molecule has 27 heavy (non-hydrogen) atoms. The topological polar surface area (TPSA) is 79.7 Å². The summed E-state index contributed by atoms with van der Waals surface area (Å²) in [5.41, 5.74) is 1.89. The third kappa shape index (κ3) is 4.64. The fraction of sp³-hybridized carbons (Fsp3) is 0.381. The van der Waals surface area contributed by atoms with Crippen LogP contribution in [-0.4, -0.2) is 39.5 Å². The number of hydrogen-bond acceptors (Lipinski definition) is 4. The van der Waals surface area contributed by atoms with Crippen molar-refractivity contribution in [3.05, 3.63) is 59.4 Å². The fourth-order valence-corrected chi connectivity index (χ4v) is 3.34. The lowest BCUT2D eigenvalue weighted by Gasteiger charge is -2.26. The number of pyridine rings is 1. The van der Waals surface area contributed by atoms with Crippen molar-refractivity contribution in [1.29, 1.82) is 0 Å². The highest BCUT2D eigenvalue weighted by Gasteiger charge is 2.33. The molecule has 0 aliphatic carbocycles. The first-order valence-electron chi connectivity index (χ1n) is 9.24. The van der Waals surface area contributed by atoms with Crippen molar-refractivity contribution < 1.29 is 19.4 Å². The average Bonchev–Trinajstić information content (AvgIpc) is 2.93. The quantitative estimate of drug-likeness (QED) is 0.805. The number of ether oxygens (including phenoxy) is 1. The molecule has 3 rings (SSSR count). The minimum atomic E-state index is -1.06. The number of aryl methyl sites for hydroxylation is 1. The van der Waals surface area contributed by atoms with E-state index in [-0.39, 0.29) is 11.5 Å². The molecule has 1 aromatic carbocycles. The summed E-state index contributed by atoms with van der Waals surface area (Å²) < 4.78 is 5.87. The third-order valence-corrected chi connectivity index (χ3v) is 4.77. The first-order chi connectivity index (χ1) is 13.1. The SMILES string of the molecule is Cc1ccc(OCc2ccccc2)c(C(=O)C2CCCCCN2C(=O)O)n1. The Kier molecular flexibility index (Phi) is 6.06. The Morgan fingerprint density at radius 1 is 1.15 bits per heavy atom. The molecule has 1 amide bonds. The van der Waals surface area contributed by atoms with Gasteiger partial charge in [-0.1, -0.05) is 43.2 Å². The van der Waals surface area contributed by atoms with E-state index in [0.717, 1.165) is 24.8 Å². The number of carbonyl (C=O) groups excluding carboxylic acids is 1. The molecule has 0 radical (unpaired) electrons. The predicted molar refractivity (Wildman–Crippen MR) is 101 cm³/mol. The Morgan fingerprint density at radius 2 is 1.93 bits per heavy atom. The van der Waals surface area contributed by atoms with Crippen LogP contribution < -0.4 is 4.74 Å². The smallest absolute Gasteiger partial charge is 0.407 e. The Balaban J connectivity index is 1.86. The molecule has 1 aromatic heterocycles. The number of Topliss-reactive ketones (excluding diaryl/α,β-unsaturated/α-hetero) is 1. The van der Waals surface area contributed by atoms with Gasteiger partial charge in [0, 0.05) is 12.2 Å². The van der Waals surface area contributed by atoms with E-state index in [4.69, 9.17) is 4.74 Å². The van der Waals surface area contributed by atoms with Crippen LogP contribution in [0.3, 0.4) is 0 Å². The zero-order chi connectivity index (χ0) is 19.2. The molecule has 6 heteroatoms. The maximum absolute atomic E-state index is 13.2. The van der Waals surface area contributed by atoms with E-state index in [2.05, 4.69) is 4.98 Å². The first kappa shape index (κ1) is 18.9. The molecule has 1 N–H and O–H groups in total. The summed E-state index contributed by atoms with van der Waals surface area (Å²) in [6, 6.07) is 12.5. The van der Waals surface area contributed by atoms with Gasteiger partial charge >= 0.3 is 6.09 Å². The number of likely N-dealkylation sites (tertiary alicyclic amines) is 1. The molecule has 0 spiro atoms. The van der Waals surface area contributed by atoms with Gasteiger partial charge in [-0.25, -0.2) is 9.78 Å². The average molecular weight is 368 g/mol. The molecular weight excluding hydrogens is 344 g/mol. The fourth-order valence-electron chi connectivity index (χ4n) is 3.34. The van der Waals surface area contributed by atoms with Crippen molar-refractivity contribution in [2.45, 2.75) is 45.3 Å². The summed E-state index contributed by atoms with van der Waals surface area (Å²) in [6.45, 7) is 2.50. The van der Waals surface area contributed by atoms with E-state index in [1.54, 1.807) is 19.1 Å². The van der Waals surface area contributed by atoms with Crippen molar-refractivity contribution in [2.24, 2.45) is 0 Å². The highest BCUT2D eigenvalue weighted by Crippen LogP contribution is 2.25. The monoisotopic (exact) mass is 368 g/mol. The van der Waals surface area contributed by atoms with Gasteiger partial charge in [-0.15, -0.1) is 0 Å². The number of amides is 1. The van der Waals surface area contributed by atoms with Crippen LogP contribution in [-0.2, 0) is 6.61 Å². The Bertz CT molecular complexity index is 807. The van der Waals surface area contributed by atoms with Crippen molar-refractivity contribution in [2.75, 3.05) is 6.54 Å². The number of benzene rings is 1. The molecule has 1 fully saturated rings. The zero-order valence-corrected chi connectivity index (χ0v) is 15.4. The van der Waals surface area contributed by atoms with E-state index < -0.39 is 12.1 Å². The molecule has 1 unspecified atom stereocenters. The van der Waals surface area contributed by atoms with Crippen LogP contribution in [0.25, 0.3) is 0 Å². The molecule has 0 bridgehead atoms. The van der Waals surface area contributed by atoms with E-state index >= 15 is 0 Å². The van der Waals surface area contributed by atoms with Gasteiger partial charge in [0.2, 0.25) is 5.78 Å². The van der Waals surface area contributed by atoms with Gasteiger partial charge in [0.15, 0.2) is 5.69 Å². The van der Waals surface area contributed by atoms with Crippen molar-refractivity contribution in [3.63, 3.8) is 0 Å². The van der Waals surface area contributed by atoms with E-state index in [0.29, 0.717) is 31.0 Å². The molecule has 1 aliphatic rings. The van der Waals surface area contributed by atoms with Crippen LogP contribution in [0.2, 0.25) is 0 Å². The Hall–Kier alpha value is -2.89. The van der Waals surface area contributed by atoms with Crippen LogP contribution in [0.1, 0.15) is 47.4 Å². The van der Waals surface area contributed by atoms with E-state index in [1.165, 1.54) is 4.90 Å². The van der Waals surface area contributed by atoms with Gasteiger partial charge in [0.1, 0.15) is 18.4 Å². The van der Waals surface area contributed by atoms with E-state index in [1.807, 2.05) is 30.3 Å². The maximum atomic E-state index is 13.2. The zero-order valence-electron chi connectivity index (χ0n) is 15.4. The lowest BCUT2D eigenvalue weighted by molar-refractivity contribution is 0.0779. The number of carboxylic acid groups (broad SMARTS) is 1. The second-order valence-corrected chi connectivity index (χ2v) is 6.78. The van der Waals surface area contributed by atoms with Gasteiger partial charge in [-0.05, 0) is 37.5 Å². The van der Waals surface area contributed by atoms with Crippen LogP contribution in [0.5, 0.6) is 5.75 Å². The molecule has 1 saturated heterocycles. The molecule has 6 nitrogen and oxygen atoms in total. The molecule has 142 valence electrons. The molecule has 2 heterocycles. The summed E-state index contributed by atoms with van der Waals surface area (Å²) >= 11 is 0. The summed E-state index contributed by atoms with van der Waals surface area (Å²) in [6.07, 6.45) is 1.97. The van der Waals surface area contributed by atoms with Gasteiger partial charge in [-0.3, -0.25) is 9.69 Å². The Morgan fingerprint density at radius 3 is 2.67 bits per heavy atom. The Labute approximate surface area is 158 Å². The minimum absolute atomic E-state index is 0.212. The third-order valence-electron chi connectivity index (χ3n) is 4.77. The van der Waals surface area contributed by atoms with Crippen LogP contribution in [0.4, 0.5) is 4.79 Å². The van der Waals surface area contributed by atoms with E-state index in [9.17, 15) is 14.7 Å². The molecule has 1 atom stereocenters. The number of carbonyl (C=O) groups is 2. The summed E-state index contributed by atoms with van der Waals surface area (Å²) in [4.78, 5) is 30.5. The van der Waals surface area contributed by atoms with Crippen molar-refractivity contribution >= 4 is 11.9 Å². The number of aromatic nitrogens is 1. The molecule has 1 aliphatic heterocycles. The first-order valence-corrected chi connectivity index (χ1v) is 9.24. The second-order valence-electron chi connectivity index (χ2n) is 6.78. The van der Waals surface area contributed by atoms with Crippen LogP contribution in [0.15, 0.2) is 42.5 Å². The second kappa shape index (κ2) is 8.66.